The predicted octanol–water partition coefficient (Wildman–Crippen LogP) is 4.67. The SMILES string of the molecule is COCCN(CC(=O)Nc1cc(C(C)(C)C)nn1-c1ccc(OC)cc1)C(=O)c1cccc(Br)c1. The summed E-state index contributed by atoms with van der Waals surface area (Å²) < 4.78 is 12.9. The summed E-state index contributed by atoms with van der Waals surface area (Å²) >= 11 is 3.39. The largest absolute Gasteiger partial charge is 0.497 e. The molecule has 3 aromatic rings. The first-order valence-electron chi connectivity index (χ1n) is 11.2. The number of rotatable bonds is 9. The molecule has 0 aliphatic heterocycles. The third kappa shape index (κ3) is 6.93. The molecule has 2 aromatic carbocycles. The van der Waals surface area contributed by atoms with Gasteiger partial charge in [0, 0.05) is 35.2 Å². The molecule has 0 saturated carbocycles. The van der Waals surface area contributed by atoms with Crippen LogP contribution in [0.4, 0.5) is 5.82 Å². The molecule has 0 atom stereocenters. The third-order valence-corrected chi connectivity index (χ3v) is 5.81. The van der Waals surface area contributed by atoms with E-state index < -0.39 is 0 Å². The minimum atomic E-state index is -0.334. The molecule has 1 heterocycles. The van der Waals surface area contributed by atoms with Crippen molar-refractivity contribution >= 4 is 33.6 Å². The van der Waals surface area contributed by atoms with Crippen molar-refractivity contribution in [3.63, 3.8) is 0 Å². The Hall–Kier alpha value is -3.17. The maximum absolute atomic E-state index is 13.1. The quantitative estimate of drug-likeness (QED) is 0.424. The molecule has 0 radical (unpaired) electrons. The average molecular weight is 543 g/mol. The molecule has 0 fully saturated rings. The van der Waals surface area contributed by atoms with E-state index >= 15 is 0 Å². The van der Waals surface area contributed by atoms with Crippen LogP contribution in [0, 0.1) is 0 Å². The zero-order valence-electron chi connectivity index (χ0n) is 20.7. The van der Waals surface area contributed by atoms with Crippen molar-refractivity contribution in [3.05, 3.63) is 70.3 Å². The highest BCUT2D eigenvalue weighted by Crippen LogP contribution is 2.27. The second-order valence-corrected chi connectivity index (χ2v) is 9.97. The minimum absolute atomic E-state index is 0.132. The Morgan fingerprint density at radius 1 is 1.09 bits per heavy atom. The number of nitrogens with one attached hydrogen (secondary N) is 1. The van der Waals surface area contributed by atoms with Crippen molar-refractivity contribution in [3.8, 4) is 11.4 Å². The zero-order chi connectivity index (χ0) is 25.6. The van der Waals surface area contributed by atoms with Gasteiger partial charge in [0.05, 0.1) is 25.1 Å². The number of halogens is 1. The van der Waals surface area contributed by atoms with E-state index in [1.54, 1.807) is 37.1 Å². The Balaban J connectivity index is 1.86. The highest BCUT2D eigenvalue weighted by molar-refractivity contribution is 9.10. The Labute approximate surface area is 214 Å². The van der Waals surface area contributed by atoms with Crippen LogP contribution in [0.1, 0.15) is 36.8 Å². The van der Waals surface area contributed by atoms with Crippen molar-refractivity contribution in [1.82, 2.24) is 14.7 Å². The van der Waals surface area contributed by atoms with Gasteiger partial charge in [-0.3, -0.25) is 9.59 Å². The van der Waals surface area contributed by atoms with Gasteiger partial charge >= 0.3 is 0 Å². The number of hydrogen-bond acceptors (Lipinski definition) is 5. The monoisotopic (exact) mass is 542 g/mol. The lowest BCUT2D eigenvalue weighted by Gasteiger charge is -2.22. The second kappa shape index (κ2) is 11.5. The number of carbonyl (C=O) groups excluding carboxylic acids is 2. The van der Waals surface area contributed by atoms with Crippen LogP contribution in [0.2, 0.25) is 0 Å². The van der Waals surface area contributed by atoms with E-state index in [4.69, 9.17) is 14.6 Å². The van der Waals surface area contributed by atoms with Gasteiger partial charge in [0.2, 0.25) is 5.91 Å². The van der Waals surface area contributed by atoms with Crippen LogP contribution >= 0.6 is 15.9 Å². The summed E-state index contributed by atoms with van der Waals surface area (Å²) in [5.74, 6) is 0.659. The van der Waals surface area contributed by atoms with Gasteiger partial charge in [-0.1, -0.05) is 42.8 Å². The summed E-state index contributed by atoms with van der Waals surface area (Å²) in [6.07, 6.45) is 0. The van der Waals surface area contributed by atoms with E-state index in [1.165, 1.54) is 4.90 Å². The van der Waals surface area contributed by atoms with Gasteiger partial charge in [-0.05, 0) is 42.5 Å². The fraction of sp³-hybridized carbons (Fsp3) is 0.346. The Bertz CT molecular complexity index is 1170. The second-order valence-electron chi connectivity index (χ2n) is 9.05. The summed E-state index contributed by atoms with van der Waals surface area (Å²) in [4.78, 5) is 27.7. The average Bonchev–Trinajstić information content (AvgIpc) is 3.25. The molecule has 1 N–H and O–H groups in total. The molecule has 2 amide bonds. The summed E-state index contributed by atoms with van der Waals surface area (Å²) in [5, 5.41) is 7.68. The molecular weight excluding hydrogens is 512 g/mol. The van der Waals surface area contributed by atoms with Gasteiger partial charge in [-0.15, -0.1) is 0 Å². The van der Waals surface area contributed by atoms with Crippen LogP contribution in [0.25, 0.3) is 5.69 Å². The first-order chi connectivity index (χ1) is 16.6. The number of carbonyl (C=O) groups is 2. The zero-order valence-corrected chi connectivity index (χ0v) is 22.3. The Morgan fingerprint density at radius 2 is 1.80 bits per heavy atom. The van der Waals surface area contributed by atoms with Crippen molar-refractivity contribution in [2.24, 2.45) is 0 Å². The van der Waals surface area contributed by atoms with Gasteiger partial charge in [0.15, 0.2) is 0 Å². The predicted molar refractivity (Wildman–Crippen MR) is 139 cm³/mol. The first kappa shape index (κ1) is 26.4. The Kier molecular flexibility index (Phi) is 8.69. The lowest BCUT2D eigenvalue weighted by Crippen LogP contribution is -2.40. The minimum Gasteiger partial charge on any atom is -0.497 e. The topological polar surface area (TPSA) is 85.7 Å². The van der Waals surface area contributed by atoms with Crippen LogP contribution in [0.3, 0.4) is 0 Å². The fourth-order valence-electron chi connectivity index (χ4n) is 3.37. The number of methoxy groups -OCH3 is 2. The number of hydrogen-bond donors (Lipinski definition) is 1. The Morgan fingerprint density at radius 3 is 2.40 bits per heavy atom. The van der Waals surface area contributed by atoms with Gasteiger partial charge in [-0.2, -0.15) is 5.10 Å². The molecule has 35 heavy (non-hydrogen) atoms. The van der Waals surface area contributed by atoms with Crippen molar-refractivity contribution in [2.75, 3.05) is 39.2 Å². The molecule has 3 rings (SSSR count). The smallest absolute Gasteiger partial charge is 0.254 e. The van der Waals surface area contributed by atoms with E-state index in [0.29, 0.717) is 18.0 Å². The van der Waals surface area contributed by atoms with Crippen molar-refractivity contribution in [2.45, 2.75) is 26.2 Å². The normalized spacial score (nSPS) is 11.3. The summed E-state index contributed by atoms with van der Waals surface area (Å²) in [6.45, 7) is 6.63. The lowest BCUT2D eigenvalue weighted by atomic mass is 9.92. The van der Waals surface area contributed by atoms with E-state index in [-0.39, 0.29) is 30.3 Å². The van der Waals surface area contributed by atoms with Crippen LogP contribution in [-0.4, -0.2) is 60.4 Å². The van der Waals surface area contributed by atoms with Crippen molar-refractivity contribution in [1.29, 1.82) is 0 Å². The number of ether oxygens (including phenoxy) is 2. The van der Waals surface area contributed by atoms with E-state index in [0.717, 1.165) is 21.6 Å². The van der Waals surface area contributed by atoms with Gasteiger partial charge < -0.3 is 19.7 Å². The standard InChI is InChI=1S/C26H31BrN4O4/c1-26(2,3)22-16-23(31(29-22)20-9-11-21(35-5)12-10-20)28-24(32)17-30(13-14-34-4)25(33)18-7-6-8-19(27)15-18/h6-12,15-16H,13-14,17H2,1-5H3,(H,28,32). The van der Waals surface area contributed by atoms with Gasteiger partial charge in [0.1, 0.15) is 18.1 Å². The molecule has 0 unspecified atom stereocenters. The molecule has 9 heteroatoms. The summed E-state index contributed by atoms with van der Waals surface area (Å²) in [6, 6.07) is 16.4. The first-order valence-corrected chi connectivity index (χ1v) is 12.0. The van der Waals surface area contributed by atoms with Crippen molar-refractivity contribution < 1.29 is 19.1 Å². The summed E-state index contributed by atoms with van der Waals surface area (Å²) in [5.41, 5.74) is 1.86. The number of amides is 2. The third-order valence-electron chi connectivity index (χ3n) is 5.32. The molecule has 8 nitrogen and oxygen atoms in total. The molecule has 0 aliphatic carbocycles. The van der Waals surface area contributed by atoms with Crippen LogP contribution < -0.4 is 10.1 Å². The van der Waals surface area contributed by atoms with E-state index in [2.05, 4.69) is 42.0 Å². The molecule has 0 bridgehead atoms. The summed E-state index contributed by atoms with van der Waals surface area (Å²) in [7, 11) is 3.17. The molecule has 0 spiro atoms. The maximum atomic E-state index is 13.1. The van der Waals surface area contributed by atoms with E-state index in [1.807, 2.05) is 36.4 Å². The van der Waals surface area contributed by atoms with Gasteiger partial charge in [0.25, 0.3) is 5.91 Å². The fourth-order valence-corrected chi connectivity index (χ4v) is 3.77. The number of anilines is 1. The molecule has 0 aliphatic rings. The number of nitrogens with zero attached hydrogens (tertiary/aromatic N) is 3. The molecular formula is C26H31BrN4O4. The van der Waals surface area contributed by atoms with Gasteiger partial charge in [-0.25, -0.2) is 4.68 Å². The molecule has 0 saturated heterocycles. The highest BCUT2D eigenvalue weighted by atomic mass is 79.9. The number of aromatic nitrogens is 2. The molecule has 1 aromatic heterocycles. The maximum Gasteiger partial charge on any atom is 0.254 e. The van der Waals surface area contributed by atoms with E-state index in [9.17, 15) is 9.59 Å². The lowest BCUT2D eigenvalue weighted by molar-refractivity contribution is -0.117. The van der Waals surface area contributed by atoms with Crippen LogP contribution in [0.15, 0.2) is 59.1 Å². The highest BCUT2D eigenvalue weighted by Gasteiger charge is 2.23. The molecule has 186 valence electrons. The van der Waals surface area contributed by atoms with Crippen LogP contribution in [-0.2, 0) is 14.9 Å². The van der Waals surface area contributed by atoms with Crippen LogP contribution in [0.5, 0.6) is 5.75 Å². The number of benzene rings is 2.